The molecule has 1 rings (SSSR count). The van der Waals surface area contributed by atoms with E-state index < -0.39 is 22.3 Å². The molecule has 1 atom stereocenters. The van der Waals surface area contributed by atoms with Gasteiger partial charge in [0, 0.05) is 33.7 Å². The summed E-state index contributed by atoms with van der Waals surface area (Å²) in [7, 11) is -1.03. The molecule has 0 saturated carbocycles. The Hall–Kier alpha value is -1.39. The summed E-state index contributed by atoms with van der Waals surface area (Å²) in [4.78, 5) is 24.6. The highest BCUT2D eigenvalue weighted by molar-refractivity contribution is 7.87. The van der Waals surface area contributed by atoms with Crippen molar-refractivity contribution < 1.29 is 22.7 Å². The molecule has 0 aliphatic carbocycles. The van der Waals surface area contributed by atoms with Gasteiger partial charge in [-0.25, -0.2) is 9.52 Å². The predicted octanol–water partition coefficient (Wildman–Crippen LogP) is -1.66. The third kappa shape index (κ3) is 4.05. The van der Waals surface area contributed by atoms with E-state index in [2.05, 4.69) is 10.1 Å². The number of nitrogens with one attached hydrogen (secondary N) is 2. The zero-order valence-corrected chi connectivity index (χ0v) is 12.6. The molecule has 1 aliphatic rings. The molecule has 0 radical (unpaired) electrons. The Morgan fingerprint density at radius 2 is 2.10 bits per heavy atom. The van der Waals surface area contributed by atoms with Crippen molar-refractivity contribution in [1.29, 1.82) is 0 Å². The van der Waals surface area contributed by atoms with E-state index >= 15 is 0 Å². The Balaban J connectivity index is 2.89. The van der Waals surface area contributed by atoms with Crippen LogP contribution in [-0.2, 0) is 19.7 Å². The summed E-state index contributed by atoms with van der Waals surface area (Å²) in [5, 5.41) is 2.95. The molecule has 116 valence electrons. The lowest BCUT2D eigenvalue weighted by molar-refractivity contribution is -0.133. The first kappa shape index (κ1) is 16.7. The van der Waals surface area contributed by atoms with Crippen molar-refractivity contribution in [3.8, 4) is 0 Å². The van der Waals surface area contributed by atoms with E-state index in [0.717, 1.165) is 4.31 Å². The first-order valence-corrected chi connectivity index (χ1v) is 7.61. The van der Waals surface area contributed by atoms with Gasteiger partial charge in [0.2, 0.25) is 5.91 Å². The number of ether oxygens (including phenoxy) is 1. The third-order valence-electron chi connectivity index (χ3n) is 2.72. The Bertz CT molecular complexity index is 464. The molecule has 10 heteroatoms. The van der Waals surface area contributed by atoms with Gasteiger partial charge in [-0.3, -0.25) is 4.79 Å². The number of carbonyl (C=O) groups is 2. The van der Waals surface area contributed by atoms with Gasteiger partial charge in [-0.2, -0.15) is 12.7 Å². The van der Waals surface area contributed by atoms with Crippen molar-refractivity contribution in [3.05, 3.63) is 0 Å². The zero-order chi connectivity index (χ0) is 15.3. The minimum atomic E-state index is -4.11. The van der Waals surface area contributed by atoms with Gasteiger partial charge in [-0.15, -0.1) is 0 Å². The van der Waals surface area contributed by atoms with Crippen molar-refractivity contribution in [3.63, 3.8) is 0 Å². The fourth-order valence-corrected chi connectivity index (χ4v) is 3.02. The van der Waals surface area contributed by atoms with Crippen molar-refractivity contribution in [2.45, 2.75) is 13.0 Å². The molecule has 1 heterocycles. The molecule has 0 aromatic heterocycles. The lowest BCUT2D eigenvalue weighted by Gasteiger charge is -2.34. The second-order valence-corrected chi connectivity index (χ2v) is 6.01. The maximum absolute atomic E-state index is 12.1. The average Bonchev–Trinajstić information content (AvgIpc) is 2.37. The van der Waals surface area contributed by atoms with Crippen LogP contribution in [0.3, 0.4) is 0 Å². The van der Waals surface area contributed by atoms with Gasteiger partial charge in [-0.1, -0.05) is 0 Å². The molecule has 9 nitrogen and oxygen atoms in total. The van der Waals surface area contributed by atoms with Crippen molar-refractivity contribution >= 4 is 22.2 Å². The molecule has 1 saturated heterocycles. The van der Waals surface area contributed by atoms with Crippen molar-refractivity contribution in [1.82, 2.24) is 19.2 Å². The van der Waals surface area contributed by atoms with Crippen LogP contribution in [0.25, 0.3) is 0 Å². The van der Waals surface area contributed by atoms with E-state index in [0.29, 0.717) is 6.54 Å². The standard InChI is InChI=1S/C10H20N4O5S/c1-4-19-10(16)12-20(17,18)14-6-5-11-7-8(14)9(15)13(2)3/h8,11H,4-7H2,1-3H3,(H,12,16). The fourth-order valence-electron chi connectivity index (χ4n) is 1.81. The highest BCUT2D eigenvalue weighted by Gasteiger charge is 2.38. The summed E-state index contributed by atoms with van der Waals surface area (Å²) < 4.78 is 31.6. The lowest BCUT2D eigenvalue weighted by Crippen LogP contribution is -2.61. The zero-order valence-electron chi connectivity index (χ0n) is 11.7. The number of hydrogen-bond donors (Lipinski definition) is 2. The Morgan fingerprint density at radius 3 is 2.65 bits per heavy atom. The Labute approximate surface area is 118 Å². The normalized spacial score (nSPS) is 20.2. The number of rotatable bonds is 4. The van der Waals surface area contributed by atoms with E-state index in [1.165, 1.54) is 4.90 Å². The molecule has 0 spiro atoms. The minimum Gasteiger partial charge on any atom is -0.449 e. The highest BCUT2D eigenvalue weighted by atomic mass is 32.2. The first-order valence-electron chi connectivity index (χ1n) is 6.17. The van der Waals surface area contributed by atoms with Gasteiger partial charge in [0.05, 0.1) is 6.61 Å². The molecule has 20 heavy (non-hydrogen) atoms. The number of amides is 2. The van der Waals surface area contributed by atoms with E-state index in [1.807, 2.05) is 0 Å². The van der Waals surface area contributed by atoms with E-state index in [4.69, 9.17) is 0 Å². The lowest BCUT2D eigenvalue weighted by atomic mass is 10.2. The molecular formula is C10H20N4O5S. The van der Waals surface area contributed by atoms with Gasteiger partial charge in [0.15, 0.2) is 0 Å². The number of nitrogens with zero attached hydrogens (tertiary/aromatic N) is 2. The second kappa shape index (κ2) is 6.86. The largest absolute Gasteiger partial charge is 0.449 e. The van der Waals surface area contributed by atoms with Crippen LogP contribution in [0.5, 0.6) is 0 Å². The molecule has 1 aliphatic heterocycles. The summed E-state index contributed by atoms with van der Waals surface area (Å²) in [5.74, 6) is -0.355. The topological polar surface area (TPSA) is 108 Å². The summed E-state index contributed by atoms with van der Waals surface area (Å²) in [6.07, 6.45) is -1.05. The van der Waals surface area contributed by atoms with Crippen LogP contribution in [0.4, 0.5) is 4.79 Å². The van der Waals surface area contributed by atoms with Crippen LogP contribution in [-0.4, -0.2) is 76.0 Å². The van der Waals surface area contributed by atoms with E-state index in [-0.39, 0.29) is 25.6 Å². The maximum atomic E-state index is 12.1. The molecule has 0 aromatic carbocycles. The van der Waals surface area contributed by atoms with E-state index in [1.54, 1.807) is 25.7 Å². The second-order valence-electron chi connectivity index (χ2n) is 4.39. The Morgan fingerprint density at radius 1 is 1.45 bits per heavy atom. The molecule has 2 amide bonds. The number of carbonyl (C=O) groups excluding carboxylic acids is 2. The average molecular weight is 308 g/mol. The van der Waals surface area contributed by atoms with Gasteiger partial charge in [-0.05, 0) is 6.92 Å². The van der Waals surface area contributed by atoms with Crippen LogP contribution >= 0.6 is 0 Å². The molecule has 1 fully saturated rings. The van der Waals surface area contributed by atoms with Gasteiger partial charge >= 0.3 is 16.3 Å². The van der Waals surface area contributed by atoms with Crippen molar-refractivity contribution in [2.24, 2.45) is 0 Å². The monoisotopic (exact) mass is 308 g/mol. The number of hydrogen-bond acceptors (Lipinski definition) is 6. The van der Waals surface area contributed by atoms with Gasteiger partial charge < -0.3 is 15.0 Å². The van der Waals surface area contributed by atoms with Gasteiger partial charge in [0.25, 0.3) is 0 Å². The van der Waals surface area contributed by atoms with Crippen molar-refractivity contribution in [2.75, 3.05) is 40.3 Å². The SMILES string of the molecule is CCOC(=O)NS(=O)(=O)N1CCNCC1C(=O)N(C)C. The van der Waals surface area contributed by atoms with Crippen LogP contribution in [0.1, 0.15) is 6.92 Å². The molecular weight excluding hydrogens is 288 g/mol. The fraction of sp³-hybridized carbons (Fsp3) is 0.800. The first-order chi connectivity index (χ1) is 9.29. The predicted molar refractivity (Wildman–Crippen MR) is 71.1 cm³/mol. The summed E-state index contributed by atoms with van der Waals surface area (Å²) in [6.45, 7) is 2.32. The minimum absolute atomic E-state index is 0.0585. The number of piperazine rings is 1. The molecule has 0 aromatic rings. The van der Waals surface area contributed by atoms with Gasteiger partial charge in [0.1, 0.15) is 6.04 Å². The molecule has 2 N–H and O–H groups in total. The third-order valence-corrected chi connectivity index (χ3v) is 4.20. The quantitative estimate of drug-likeness (QED) is 0.643. The summed E-state index contributed by atoms with van der Waals surface area (Å²) in [6, 6.07) is -0.884. The number of likely N-dealkylation sites (N-methyl/N-ethyl adjacent to an activating group) is 1. The molecule has 1 unspecified atom stereocenters. The van der Waals surface area contributed by atoms with Crippen LogP contribution in [0, 0.1) is 0 Å². The molecule has 0 bridgehead atoms. The summed E-state index contributed by atoms with van der Waals surface area (Å²) >= 11 is 0. The highest BCUT2D eigenvalue weighted by Crippen LogP contribution is 2.10. The maximum Gasteiger partial charge on any atom is 0.421 e. The van der Waals surface area contributed by atoms with E-state index in [9.17, 15) is 18.0 Å². The smallest absolute Gasteiger partial charge is 0.421 e. The van der Waals surface area contributed by atoms with Crippen LogP contribution in [0.2, 0.25) is 0 Å². The van der Waals surface area contributed by atoms with Crippen LogP contribution in [0.15, 0.2) is 0 Å². The summed E-state index contributed by atoms with van der Waals surface area (Å²) in [5.41, 5.74) is 0. The van der Waals surface area contributed by atoms with Crippen LogP contribution < -0.4 is 10.0 Å². The Kier molecular flexibility index (Phi) is 5.72.